The van der Waals surface area contributed by atoms with Crippen molar-refractivity contribution in [3.05, 3.63) is 28.0 Å². The van der Waals surface area contributed by atoms with Gasteiger partial charge in [0.05, 0.1) is 16.1 Å². The summed E-state index contributed by atoms with van der Waals surface area (Å²) in [5, 5.41) is 3.41. The van der Waals surface area contributed by atoms with Gasteiger partial charge in [0.25, 0.3) is 0 Å². The second kappa shape index (κ2) is 5.12. The number of hydrogen-bond donors (Lipinski definition) is 2. The molecule has 0 radical (unpaired) electrons. The number of imidazole rings is 1. The van der Waals surface area contributed by atoms with Gasteiger partial charge in [-0.15, -0.1) is 0 Å². The lowest BCUT2D eigenvalue weighted by atomic mass is 10.3. The van der Waals surface area contributed by atoms with E-state index < -0.39 is 0 Å². The van der Waals surface area contributed by atoms with Gasteiger partial charge in [-0.05, 0) is 38.2 Å². The van der Waals surface area contributed by atoms with Crippen molar-refractivity contribution in [3.8, 4) is 0 Å². The molecule has 1 amide bonds. The molecule has 1 heterocycles. The smallest absolute Gasteiger partial charge is 0.240 e. The average molecular weight is 284 g/mol. The predicted molar refractivity (Wildman–Crippen MR) is 75.4 cm³/mol. The number of amides is 1. The van der Waals surface area contributed by atoms with Gasteiger partial charge >= 0.3 is 0 Å². The Morgan fingerprint density at radius 1 is 1.56 bits per heavy atom. The summed E-state index contributed by atoms with van der Waals surface area (Å²) in [6, 6.07) is 5.61. The summed E-state index contributed by atoms with van der Waals surface area (Å²) >= 11 is 11.4. The molecule has 18 heavy (non-hydrogen) atoms. The fraction of sp³-hybridized carbons (Fsp3) is 0.333. The molecule has 6 heteroatoms. The van der Waals surface area contributed by atoms with E-state index in [9.17, 15) is 4.79 Å². The molecular weight excluding hydrogens is 270 g/mol. The molecule has 4 nitrogen and oxygen atoms in total. The lowest BCUT2D eigenvalue weighted by Gasteiger charge is -2.09. The first-order valence-electron chi connectivity index (χ1n) is 5.65. The zero-order valence-electron chi connectivity index (χ0n) is 10.2. The maximum absolute atomic E-state index is 11.8. The summed E-state index contributed by atoms with van der Waals surface area (Å²) in [7, 11) is 0. The van der Waals surface area contributed by atoms with Crippen LogP contribution >= 0.6 is 23.8 Å². The van der Waals surface area contributed by atoms with Crippen LogP contribution in [0.25, 0.3) is 11.0 Å². The van der Waals surface area contributed by atoms with Gasteiger partial charge in [-0.2, -0.15) is 0 Å². The Balaban J connectivity index is 2.42. The minimum atomic E-state index is -0.0816. The van der Waals surface area contributed by atoms with Crippen LogP contribution in [-0.2, 0) is 11.3 Å². The van der Waals surface area contributed by atoms with Crippen molar-refractivity contribution in [3.63, 3.8) is 0 Å². The van der Waals surface area contributed by atoms with Gasteiger partial charge in [0.15, 0.2) is 4.77 Å². The molecular formula is C12H14ClN3OS. The summed E-state index contributed by atoms with van der Waals surface area (Å²) in [6.45, 7) is 4.00. The average Bonchev–Trinajstić information content (AvgIpc) is 2.55. The first-order chi connectivity index (χ1) is 8.49. The largest absolute Gasteiger partial charge is 0.352 e. The zero-order chi connectivity index (χ0) is 13.3. The van der Waals surface area contributed by atoms with Gasteiger partial charge in [0.1, 0.15) is 6.54 Å². The number of nitrogens with one attached hydrogen (secondary N) is 2. The summed E-state index contributed by atoms with van der Waals surface area (Å²) in [5.41, 5.74) is 1.60. The minimum Gasteiger partial charge on any atom is -0.352 e. The molecule has 0 saturated carbocycles. The fourth-order valence-corrected chi connectivity index (χ4v) is 2.38. The number of para-hydroxylation sites is 1. The molecule has 0 aliphatic rings. The van der Waals surface area contributed by atoms with Crippen molar-refractivity contribution in [2.45, 2.75) is 26.4 Å². The van der Waals surface area contributed by atoms with Gasteiger partial charge in [-0.25, -0.2) is 0 Å². The van der Waals surface area contributed by atoms with Crippen LogP contribution in [0, 0.1) is 4.77 Å². The van der Waals surface area contributed by atoms with Crippen molar-refractivity contribution in [1.29, 1.82) is 0 Å². The molecule has 0 spiro atoms. The SMILES string of the molecule is CC(C)NC(=O)Cn1c(=S)[nH]c2cccc(Cl)c21. The van der Waals surface area contributed by atoms with E-state index in [0.29, 0.717) is 9.79 Å². The molecule has 1 aromatic carbocycles. The van der Waals surface area contributed by atoms with Crippen molar-refractivity contribution in [2.75, 3.05) is 0 Å². The topological polar surface area (TPSA) is 49.8 Å². The maximum atomic E-state index is 11.8. The van der Waals surface area contributed by atoms with E-state index in [1.165, 1.54) is 0 Å². The maximum Gasteiger partial charge on any atom is 0.240 e. The highest BCUT2D eigenvalue weighted by molar-refractivity contribution is 7.71. The third-order valence-electron chi connectivity index (χ3n) is 2.49. The predicted octanol–water partition coefficient (Wildman–Crippen LogP) is 2.88. The number of carbonyl (C=O) groups is 1. The Hall–Kier alpha value is -1.33. The molecule has 0 bridgehead atoms. The van der Waals surface area contributed by atoms with Gasteiger partial charge in [0, 0.05) is 6.04 Å². The van der Waals surface area contributed by atoms with E-state index in [0.717, 1.165) is 11.0 Å². The van der Waals surface area contributed by atoms with Crippen molar-refractivity contribution < 1.29 is 4.79 Å². The number of H-pyrrole nitrogens is 1. The molecule has 1 aromatic heterocycles. The highest BCUT2D eigenvalue weighted by Gasteiger charge is 2.11. The monoisotopic (exact) mass is 283 g/mol. The second-order valence-electron chi connectivity index (χ2n) is 4.37. The van der Waals surface area contributed by atoms with E-state index >= 15 is 0 Å². The highest BCUT2D eigenvalue weighted by Crippen LogP contribution is 2.23. The Kier molecular flexibility index (Phi) is 3.73. The molecule has 0 aliphatic carbocycles. The number of aromatic amines is 1. The molecule has 2 aromatic rings. The molecule has 2 N–H and O–H groups in total. The molecule has 0 unspecified atom stereocenters. The number of benzene rings is 1. The lowest BCUT2D eigenvalue weighted by Crippen LogP contribution is -2.33. The number of carbonyl (C=O) groups excluding carboxylic acids is 1. The molecule has 96 valence electrons. The summed E-state index contributed by atoms with van der Waals surface area (Å²) < 4.78 is 2.21. The summed E-state index contributed by atoms with van der Waals surface area (Å²) in [4.78, 5) is 14.8. The molecule has 2 rings (SSSR count). The van der Waals surface area contributed by atoms with E-state index in [1.807, 2.05) is 26.0 Å². The lowest BCUT2D eigenvalue weighted by molar-refractivity contribution is -0.122. The quantitative estimate of drug-likeness (QED) is 0.851. The highest BCUT2D eigenvalue weighted by atomic mass is 35.5. The Morgan fingerprint density at radius 2 is 2.28 bits per heavy atom. The number of rotatable bonds is 3. The number of halogens is 1. The van der Waals surface area contributed by atoms with Crippen molar-refractivity contribution >= 4 is 40.8 Å². The van der Waals surface area contributed by atoms with E-state index in [4.69, 9.17) is 23.8 Å². The van der Waals surface area contributed by atoms with Gasteiger partial charge in [0.2, 0.25) is 5.91 Å². The van der Waals surface area contributed by atoms with E-state index in [2.05, 4.69) is 10.3 Å². The fourth-order valence-electron chi connectivity index (χ4n) is 1.84. The number of nitrogens with zero attached hydrogens (tertiary/aromatic N) is 1. The molecule has 0 fully saturated rings. The third-order valence-corrected chi connectivity index (χ3v) is 3.12. The number of fused-ring (bicyclic) bond motifs is 1. The van der Waals surface area contributed by atoms with Crippen LogP contribution in [0.2, 0.25) is 5.02 Å². The number of hydrogen-bond acceptors (Lipinski definition) is 2. The van der Waals surface area contributed by atoms with Gasteiger partial charge in [-0.1, -0.05) is 17.7 Å². The van der Waals surface area contributed by atoms with Crippen LogP contribution < -0.4 is 5.32 Å². The van der Waals surface area contributed by atoms with E-state index in [-0.39, 0.29) is 18.5 Å². The van der Waals surface area contributed by atoms with Gasteiger partial charge in [-0.3, -0.25) is 4.79 Å². The van der Waals surface area contributed by atoms with Crippen LogP contribution in [0.15, 0.2) is 18.2 Å². The van der Waals surface area contributed by atoms with Crippen LogP contribution in [0.4, 0.5) is 0 Å². The van der Waals surface area contributed by atoms with Gasteiger partial charge < -0.3 is 14.9 Å². The number of aromatic nitrogens is 2. The van der Waals surface area contributed by atoms with Crippen molar-refractivity contribution in [2.24, 2.45) is 0 Å². The second-order valence-corrected chi connectivity index (χ2v) is 5.17. The first-order valence-corrected chi connectivity index (χ1v) is 6.44. The third kappa shape index (κ3) is 2.57. The minimum absolute atomic E-state index is 0.0816. The molecule has 0 saturated heterocycles. The Morgan fingerprint density at radius 3 is 2.94 bits per heavy atom. The first kappa shape index (κ1) is 13.1. The van der Waals surface area contributed by atoms with Crippen LogP contribution in [-0.4, -0.2) is 21.5 Å². The summed E-state index contributed by atoms with van der Waals surface area (Å²) in [6.07, 6.45) is 0. The van der Waals surface area contributed by atoms with Crippen LogP contribution in [0.3, 0.4) is 0 Å². The standard InChI is InChI=1S/C12H14ClN3OS/c1-7(2)14-10(17)6-16-11-8(13)4-3-5-9(11)15-12(16)18/h3-5,7H,6H2,1-2H3,(H,14,17)(H,15,18). The van der Waals surface area contributed by atoms with Crippen molar-refractivity contribution in [1.82, 2.24) is 14.9 Å². The zero-order valence-corrected chi connectivity index (χ0v) is 11.7. The van der Waals surface area contributed by atoms with Crippen LogP contribution in [0.5, 0.6) is 0 Å². The normalized spacial score (nSPS) is 11.1. The Bertz CT molecular complexity index is 644. The van der Waals surface area contributed by atoms with E-state index in [1.54, 1.807) is 10.6 Å². The Labute approximate surface area is 115 Å². The van der Waals surface area contributed by atoms with Crippen LogP contribution in [0.1, 0.15) is 13.8 Å². The summed E-state index contributed by atoms with van der Waals surface area (Å²) in [5.74, 6) is -0.0816. The molecule has 0 atom stereocenters. The molecule has 0 aliphatic heterocycles.